The lowest BCUT2D eigenvalue weighted by atomic mass is 9.56. The van der Waals surface area contributed by atoms with Crippen molar-refractivity contribution >= 4 is 5.78 Å². The Morgan fingerprint density at radius 1 is 1.04 bits per heavy atom. The van der Waals surface area contributed by atoms with E-state index in [1.54, 1.807) is 0 Å². The molecule has 2 fully saturated rings. The quantitative estimate of drug-likeness (QED) is 0.615. The molecule has 0 amide bonds. The van der Waals surface area contributed by atoms with E-state index in [4.69, 9.17) is 4.74 Å². The van der Waals surface area contributed by atoms with Crippen LogP contribution in [0, 0.1) is 22.7 Å². The Morgan fingerprint density at radius 3 is 2.58 bits per heavy atom. The summed E-state index contributed by atoms with van der Waals surface area (Å²) in [5.74, 6) is 2.26. The molecule has 2 nitrogen and oxygen atoms in total. The zero-order valence-corrected chi connectivity index (χ0v) is 15.3. The first kappa shape index (κ1) is 16.2. The van der Waals surface area contributed by atoms with Crippen LogP contribution < -0.4 is 4.74 Å². The van der Waals surface area contributed by atoms with Crippen LogP contribution >= 0.6 is 0 Å². The molecule has 2 aliphatic carbocycles. The number of ketones is 1. The van der Waals surface area contributed by atoms with Crippen LogP contribution in [0.15, 0.2) is 24.3 Å². The van der Waals surface area contributed by atoms with Crippen LogP contribution in [0.1, 0.15) is 76.1 Å². The number of fused-ring (bicyclic) bond motifs is 1. The van der Waals surface area contributed by atoms with Crippen molar-refractivity contribution in [1.82, 2.24) is 0 Å². The molecular formula is C22H30O2. The number of carbonyl (C=O) groups excluding carboxylic acids is 1. The molecule has 1 aromatic carbocycles. The average molecular weight is 326 g/mol. The van der Waals surface area contributed by atoms with Crippen molar-refractivity contribution in [2.45, 2.75) is 71.8 Å². The molecule has 0 N–H and O–H groups in total. The number of Topliss-reactive ketones (excluding diaryl/α,β-unsaturated/α-hetero) is 1. The van der Waals surface area contributed by atoms with Crippen LogP contribution in [0.25, 0.3) is 0 Å². The normalized spacial score (nSPS) is 38.0. The second-order valence-electron chi connectivity index (χ2n) is 9.06. The second-order valence-corrected chi connectivity index (χ2v) is 9.06. The minimum absolute atomic E-state index is 0.0704. The third-order valence-corrected chi connectivity index (χ3v) is 7.50. The van der Waals surface area contributed by atoms with Crippen LogP contribution in [0.5, 0.6) is 5.75 Å². The highest BCUT2D eigenvalue weighted by atomic mass is 16.5. The number of hydrogen-bond donors (Lipinski definition) is 0. The van der Waals surface area contributed by atoms with Crippen molar-refractivity contribution in [3.8, 4) is 5.75 Å². The third-order valence-electron chi connectivity index (χ3n) is 7.50. The fourth-order valence-electron chi connectivity index (χ4n) is 5.68. The van der Waals surface area contributed by atoms with E-state index in [1.165, 1.54) is 25.7 Å². The maximum Gasteiger partial charge on any atom is 0.176 e. The molecule has 0 spiro atoms. The molecule has 130 valence electrons. The van der Waals surface area contributed by atoms with E-state index in [0.29, 0.717) is 23.0 Å². The zero-order chi connectivity index (χ0) is 16.9. The van der Waals surface area contributed by atoms with E-state index >= 15 is 0 Å². The van der Waals surface area contributed by atoms with Gasteiger partial charge in [-0.2, -0.15) is 0 Å². The van der Waals surface area contributed by atoms with Crippen LogP contribution in [-0.2, 0) is 0 Å². The summed E-state index contributed by atoms with van der Waals surface area (Å²) >= 11 is 0. The molecule has 1 heterocycles. The summed E-state index contributed by atoms with van der Waals surface area (Å²) in [6.45, 7) is 7.23. The zero-order valence-electron chi connectivity index (χ0n) is 15.3. The minimum atomic E-state index is -0.272. The molecule has 0 aromatic heterocycles. The van der Waals surface area contributed by atoms with Gasteiger partial charge in [-0.05, 0) is 55.1 Å². The predicted octanol–water partition coefficient (Wildman–Crippen LogP) is 5.65. The largest absolute Gasteiger partial charge is 0.488 e. The summed E-state index contributed by atoms with van der Waals surface area (Å²) in [4.78, 5) is 13.5. The molecule has 4 unspecified atom stereocenters. The Hall–Kier alpha value is -1.31. The van der Waals surface area contributed by atoms with Gasteiger partial charge in [0.1, 0.15) is 11.9 Å². The van der Waals surface area contributed by atoms with Crippen LogP contribution in [0.3, 0.4) is 0 Å². The van der Waals surface area contributed by atoms with Crippen molar-refractivity contribution < 1.29 is 9.53 Å². The Bertz CT molecular complexity index is 647. The van der Waals surface area contributed by atoms with Gasteiger partial charge in [0.05, 0.1) is 11.0 Å². The predicted molar refractivity (Wildman–Crippen MR) is 96.4 cm³/mol. The van der Waals surface area contributed by atoms with Gasteiger partial charge in [-0.3, -0.25) is 4.79 Å². The van der Waals surface area contributed by atoms with Gasteiger partial charge in [0, 0.05) is 0 Å². The van der Waals surface area contributed by atoms with Crippen molar-refractivity contribution in [3.05, 3.63) is 29.8 Å². The number of rotatable bonds is 0. The lowest BCUT2D eigenvalue weighted by Gasteiger charge is -2.52. The highest BCUT2D eigenvalue weighted by Gasteiger charge is 2.57. The highest BCUT2D eigenvalue weighted by molar-refractivity contribution is 6.04. The summed E-state index contributed by atoms with van der Waals surface area (Å²) < 4.78 is 6.60. The first-order valence-electron chi connectivity index (χ1n) is 9.76. The van der Waals surface area contributed by atoms with E-state index < -0.39 is 0 Å². The van der Waals surface area contributed by atoms with E-state index in [-0.39, 0.29) is 11.5 Å². The molecule has 2 saturated carbocycles. The number of benzene rings is 1. The van der Waals surface area contributed by atoms with Crippen LogP contribution in [-0.4, -0.2) is 11.9 Å². The smallest absolute Gasteiger partial charge is 0.176 e. The Kier molecular flexibility index (Phi) is 3.78. The summed E-state index contributed by atoms with van der Waals surface area (Å²) in [5, 5.41) is 0. The molecule has 1 aromatic rings. The first-order chi connectivity index (χ1) is 11.5. The molecule has 4 atom stereocenters. The summed E-state index contributed by atoms with van der Waals surface area (Å²) in [6, 6.07) is 7.91. The maximum atomic E-state index is 13.5. The molecule has 0 radical (unpaired) electrons. The summed E-state index contributed by atoms with van der Waals surface area (Å²) in [6.07, 6.45) is 8.09. The van der Waals surface area contributed by atoms with Gasteiger partial charge in [-0.15, -0.1) is 0 Å². The third kappa shape index (κ3) is 2.25. The molecule has 24 heavy (non-hydrogen) atoms. The van der Waals surface area contributed by atoms with E-state index in [9.17, 15) is 4.79 Å². The lowest BCUT2D eigenvalue weighted by Crippen LogP contribution is -2.56. The molecule has 0 saturated heterocycles. The molecule has 1 aliphatic heterocycles. The summed E-state index contributed by atoms with van der Waals surface area (Å²) in [7, 11) is 0. The molecule has 4 rings (SSSR count). The second kappa shape index (κ2) is 5.61. The van der Waals surface area contributed by atoms with Gasteiger partial charge in [-0.1, -0.05) is 52.2 Å². The van der Waals surface area contributed by atoms with Crippen LogP contribution in [0.2, 0.25) is 0 Å². The molecule has 3 aliphatic rings. The molecular weight excluding hydrogens is 296 g/mol. The molecule has 2 heteroatoms. The Labute approximate surface area is 146 Å². The van der Waals surface area contributed by atoms with E-state index in [2.05, 4.69) is 20.8 Å². The number of carbonyl (C=O) groups is 1. The van der Waals surface area contributed by atoms with Gasteiger partial charge in [0.25, 0.3) is 0 Å². The fraction of sp³-hybridized carbons (Fsp3) is 0.682. The van der Waals surface area contributed by atoms with Gasteiger partial charge in [0.15, 0.2) is 5.78 Å². The monoisotopic (exact) mass is 326 g/mol. The minimum Gasteiger partial charge on any atom is -0.488 e. The van der Waals surface area contributed by atoms with Crippen LogP contribution in [0.4, 0.5) is 0 Å². The fourth-order valence-corrected chi connectivity index (χ4v) is 5.68. The van der Waals surface area contributed by atoms with E-state index in [1.807, 2.05) is 24.3 Å². The average Bonchev–Trinajstić information content (AvgIpc) is 2.60. The maximum absolute atomic E-state index is 13.5. The van der Waals surface area contributed by atoms with Crippen molar-refractivity contribution in [2.24, 2.45) is 22.7 Å². The highest BCUT2D eigenvalue weighted by Crippen LogP contribution is 2.56. The standard InChI is InChI=1S/C22H30O2/c1-15-16-10-8-14-22(13-7-6-12-21(15,2)3)19(23)17-9-4-5-11-18(17)24-20(16)22/h4-5,9,11,15-16,20H,6-8,10,12-14H2,1-3H3. The number of ether oxygens (including phenoxy) is 1. The van der Waals surface area contributed by atoms with Gasteiger partial charge in [0.2, 0.25) is 0 Å². The van der Waals surface area contributed by atoms with Gasteiger partial charge >= 0.3 is 0 Å². The van der Waals surface area contributed by atoms with E-state index in [0.717, 1.165) is 30.6 Å². The van der Waals surface area contributed by atoms with Gasteiger partial charge in [-0.25, -0.2) is 0 Å². The first-order valence-corrected chi connectivity index (χ1v) is 9.76. The molecule has 2 bridgehead atoms. The SMILES string of the molecule is CC1C2CCCC3(CCCCC1(C)C)C(=O)c1ccccc1OC23. The van der Waals surface area contributed by atoms with Crippen molar-refractivity contribution in [1.29, 1.82) is 0 Å². The van der Waals surface area contributed by atoms with Crippen molar-refractivity contribution in [3.63, 3.8) is 0 Å². The Balaban J connectivity index is 1.84. The van der Waals surface area contributed by atoms with Gasteiger partial charge < -0.3 is 4.74 Å². The number of para-hydroxylation sites is 1. The Morgan fingerprint density at radius 2 is 1.75 bits per heavy atom. The van der Waals surface area contributed by atoms with Crippen molar-refractivity contribution in [2.75, 3.05) is 0 Å². The topological polar surface area (TPSA) is 26.3 Å². The lowest BCUT2D eigenvalue weighted by molar-refractivity contribution is -0.0622. The number of hydrogen-bond acceptors (Lipinski definition) is 2. The summed E-state index contributed by atoms with van der Waals surface area (Å²) in [5.41, 5.74) is 0.869.